The number of Topliss-reactive ketones (excluding diaryl/α,β-unsaturated/α-hetero) is 1. The molecule has 4 unspecified atom stereocenters. The summed E-state index contributed by atoms with van der Waals surface area (Å²) in [6.45, 7) is 0. The van der Waals surface area contributed by atoms with Gasteiger partial charge < -0.3 is 5.73 Å². The Balaban J connectivity index is 1.74. The zero-order chi connectivity index (χ0) is 12.7. The number of halogens is 1. The smallest absolute Gasteiger partial charge is 0.142 e. The molecule has 18 heavy (non-hydrogen) atoms. The van der Waals surface area contributed by atoms with Gasteiger partial charge in [0.1, 0.15) is 5.78 Å². The van der Waals surface area contributed by atoms with Crippen molar-refractivity contribution in [1.82, 2.24) is 4.98 Å². The number of pyridine rings is 1. The van der Waals surface area contributed by atoms with E-state index < -0.39 is 0 Å². The summed E-state index contributed by atoms with van der Waals surface area (Å²) in [7, 11) is 0. The van der Waals surface area contributed by atoms with E-state index in [1.165, 1.54) is 12.8 Å². The van der Waals surface area contributed by atoms with Gasteiger partial charge in [-0.2, -0.15) is 0 Å². The molecule has 3 rings (SSSR count). The van der Waals surface area contributed by atoms with Gasteiger partial charge in [0.05, 0.1) is 5.02 Å². The number of nitrogens with zero attached hydrogens (tertiary/aromatic N) is 1. The highest BCUT2D eigenvalue weighted by molar-refractivity contribution is 6.31. The number of rotatable bonds is 3. The van der Waals surface area contributed by atoms with Crippen LogP contribution in [0.15, 0.2) is 18.5 Å². The first-order valence-corrected chi connectivity index (χ1v) is 6.91. The molecule has 2 fully saturated rings. The van der Waals surface area contributed by atoms with Crippen LogP contribution >= 0.6 is 11.6 Å². The number of carbonyl (C=O) groups excluding carboxylic acids is 1. The van der Waals surface area contributed by atoms with E-state index in [2.05, 4.69) is 4.98 Å². The molecule has 2 saturated carbocycles. The molecule has 1 heterocycles. The number of fused-ring (bicyclic) bond motifs is 2. The Bertz CT molecular complexity index is 475. The van der Waals surface area contributed by atoms with Crippen molar-refractivity contribution in [3.8, 4) is 0 Å². The summed E-state index contributed by atoms with van der Waals surface area (Å²) in [6.07, 6.45) is 7.16. The maximum atomic E-state index is 12.4. The number of hydrogen-bond acceptors (Lipinski definition) is 3. The highest BCUT2D eigenvalue weighted by Gasteiger charge is 2.48. The van der Waals surface area contributed by atoms with Crippen molar-refractivity contribution in [2.75, 3.05) is 0 Å². The normalized spacial score (nSPS) is 33.9. The first-order chi connectivity index (χ1) is 8.66. The SMILES string of the molecule is NC1C2CCC(C2)C1C(=O)Cc1ccncc1Cl. The maximum Gasteiger partial charge on any atom is 0.142 e. The second kappa shape index (κ2) is 4.63. The lowest BCUT2D eigenvalue weighted by molar-refractivity contribution is -0.124. The second-order valence-corrected chi connectivity index (χ2v) is 5.95. The molecule has 2 bridgehead atoms. The van der Waals surface area contributed by atoms with Crippen LogP contribution in [0.4, 0.5) is 0 Å². The average molecular weight is 265 g/mol. The zero-order valence-electron chi connectivity index (χ0n) is 10.2. The lowest BCUT2D eigenvalue weighted by Crippen LogP contribution is -2.40. The summed E-state index contributed by atoms with van der Waals surface area (Å²) < 4.78 is 0. The summed E-state index contributed by atoms with van der Waals surface area (Å²) in [5, 5.41) is 0.572. The standard InChI is InChI=1S/C14H17ClN2O/c15-11-7-17-4-3-8(11)6-12(18)13-9-1-2-10(5-9)14(13)16/h3-4,7,9-10,13-14H,1-2,5-6,16H2. The minimum Gasteiger partial charge on any atom is -0.327 e. The monoisotopic (exact) mass is 264 g/mol. The second-order valence-electron chi connectivity index (χ2n) is 5.55. The van der Waals surface area contributed by atoms with Crippen LogP contribution in [-0.4, -0.2) is 16.8 Å². The van der Waals surface area contributed by atoms with E-state index in [0.717, 1.165) is 12.0 Å². The van der Waals surface area contributed by atoms with Crippen LogP contribution in [0.3, 0.4) is 0 Å². The largest absolute Gasteiger partial charge is 0.327 e. The summed E-state index contributed by atoms with van der Waals surface area (Å²) in [5.74, 6) is 1.38. The van der Waals surface area contributed by atoms with E-state index in [9.17, 15) is 4.79 Å². The van der Waals surface area contributed by atoms with Crippen molar-refractivity contribution < 1.29 is 4.79 Å². The van der Waals surface area contributed by atoms with E-state index in [0.29, 0.717) is 23.3 Å². The van der Waals surface area contributed by atoms with Gasteiger partial charge in [-0.25, -0.2) is 0 Å². The Labute approximate surface area is 112 Å². The van der Waals surface area contributed by atoms with Crippen LogP contribution in [0.1, 0.15) is 24.8 Å². The molecule has 0 aromatic carbocycles. The van der Waals surface area contributed by atoms with E-state index >= 15 is 0 Å². The third-order valence-electron chi connectivity index (χ3n) is 4.57. The molecule has 4 atom stereocenters. The summed E-state index contributed by atoms with van der Waals surface area (Å²) in [5.41, 5.74) is 7.06. The molecular weight excluding hydrogens is 248 g/mol. The van der Waals surface area contributed by atoms with Crippen LogP contribution in [0.25, 0.3) is 0 Å². The van der Waals surface area contributed by atoms with Gasteiger partial charge in [-0.15, -0.1) is 0 Å². The number of aromatic nitrogens is 1. The molecule has 1 aromatic heterocycles. The van der Waals surface area contributed by atoms with Crippen LogP contribution in [0, 0.1) is 17.8 Å². The fourth-order valence-electron chi connectivity index (χ4n) is 3.67. The number of hydrogen-bond donors (Lipinski definition) is 1. The fraction of sp³-hybridized carbons (Fsp3) is 0.571. The summed E-state index contributed by atoms with van der Waals surface area (Å²) in [6, 6.07) is 1.88. The predicted octanol–water partition coefficient (Wildman–Crippen LogP) is 2.22. The van der Waals surface area contributed by atoms with E-state index in [1.54, 1.807) is 12.4 Å². The topological polar surface area (TPSA) is 56.0 Å². The summed E-state index contributed by atoms with van der Waals surface area (Å²) >= 11 is 6.04. The molecule has 0 spiro atoms. The number of carbonyl (C=O) groups is 1. The molecule has 2 aliphatic carbocycles. The Kier molecular flexibility index (Phi) is 3.12. The summed E-state index contributed by atoms with van der Waals surface area (Å²) in [4.78, 5) is 16.3. The third kappa shape index (κ3) is 1.95. The van der Waals surface area contributed by atoms with Crippen LogP contribution in [0.2, 0.25) is 5.02 Å². The van der Waals surface area contributed by atoms with E-state index in [-0.39, 0.29) is 17.7 Å². The zero-order valence-corrected chi connectivity index (χ0v) is 10.9. The van der Waals surface area contributed by atoms with Crippen molar-refractivity contribution in [1.29, 1.82) is 0 Å². The molecule has 3 nitrogen and oxygen atoms in total. The van der Waals surface area contributed by atoms with Crippen molar-refractivity contribution in [3.63, 3.8) is 0 Å². The van der Waals surface area contributed by atoms with Gasteiger partial charge in [0, 0.05) is 30.8 Å². The van der Waals surface area contributed by atoms with Gasteiger partial charge in [0.15, 0.2) is 0 Å². The van der Waals surface area contributed by atoms with Crippen LogP contribution in [0.5, 0.6) is 0 Å². The molecule has 0 amide bonds. The molecule has 0 aliphatic heterocycles. The predicted molar refractivity (Wildman–Crippen MR) is 70.3 cm³/mol. The maximum absolute atomic E-state index is 12.4. The molecule has 1 aromatic rings. The molecule has 2 N–H and O–H groups in total. The molecule has 96 valence electrons. The Morgan fingerprint density at radius 3 is 2.89 bits per heavy atom. The first kappa shape index (κ1) is 12.1. The van der Waals surface area contributed by atoms with Gasteiger partial charge in [0.2, 0.25) is 0 Å². The van der Waals surface area contributed by atoms with Crippen molar-refractivity contribution in [2.45, 2.75) is 31.7 Å². The highest BCUT2D eigenvalue weighted by Crippen LogP contribution is 2.48. The number of nitrogens with two attached hydrogens (primary N) is 1. The van der Waals surface area contributed by atoms with Gasteiger partial charge in [-0.3, -0.25) is 9.78 Å². The van der Waals surface area contributed by atoms with Crippen LogP contribution in [-0.2, 0) is 11.2 Å². The molecular formula is C14H17ClN2O. The van der Waals surface area contributed by atoms with Gasteiger partial charge >= 0.3 is 0 Å². The van der Waals surface area contributed by atoms with Gasteiger partial charge in [0.25, 0.3) is 0 Å². The van der Waals surface area contributed by atoms with Crippen molar-refractivity contribution >= 4 is 17.4 Å². The first-order valence-electron chi connectivity index (χ1n) is 6.53. The molecule has 4 heteroatoms. The van der Waals surface area contributed by atoms with Gasteiger partial charge in [-0.05, 0) is 42.7 Å². The van der Waals surface area contributed by atoms with Crippen molar-refractivity contribution in [2.24, 2.45) is 23.5 Å². The van der Waals surface area contributed by atoms with Crippen molar-refractivity contribution in [3.05, 3.63) is 29.0 Å². The lowest BCUT2D eigenvalue weighted by Gasteiger charge is -2.26. The van der Waals surface area contributed by atoms with E-state index in [1.807, 2.05) is 6.07 Å². The number of ketones is 1. The molecule has 2 aliphatic rings. The van der Waals surface area contributed by atoms with E-state index in [4.69, 9.17) is 17.3 Å². The quantitative estimate of drug-likeness (QED) is 0.911. The fourth-order valence-corrected chi connectivity index (χ4v) is 3.85. The lowest BCUT2D eigenvalue weighted by atomic mass is 9.80. The molecule has 0 radical (unpaired) electrons. The third-order valence-corrected chi connectivity index (χ3v) is 4.91. The van der Waals surface area contributed by atoms with Crippen LogP contribution < -0.4 is 5.73 Å². The minimum atomic E-state index is 0.0491. The minimum absolute atomic E-state index is 0.0491. The Hall–Kier alpha value is -0.930. The Morgan fingerprint density at radius 2 is 2.22 bits per heavy atom. The average Bonchev–Trinajstić information content (AvgIpc) is 2.92. The Morgan fingerprint density at radius 1 is 1.44 bits per heavy atom. The van der Waals surface area contributed by atoms with Gasteiger partial charge in [-0.1, -0.05) is 11.6 Å². The highest BCUT2D eigenvalue weighted by atomic mass is 35.5. The molecule has 0 saturated heterocycles.